The van der Waals surface area contributed by atoms with E-state index >= 15 is 0 Å². The first-order valence-electron chi connectivity index (χ1n) is 8.33. The van der Waals surface area contributed by atoms with Gasteiger partial charge in [-0.25, -0.2) is 0 Å². The van der Waals surface area contributed by atoms with Gasteiger partial charge in [-0.05, 0) is 59.8 Å². The third-order valence-corrected chi connectivity index (χ3v) is 4.80. The van der Waals surface area contributed by atoms with Gasteiger partial charge in [0.2, 0.25) is 5.91 Å². The monoisotopic (exact) mass is 298 g/mol. The van der Waals surface area contributed by atoms with Gasteiger partial charge in [0.25, 0.3) is 0 Å². The lowest BCUT2D eigenvalue weighted by Gasteiger charge is -2.39. The molecule has 3 N–H and O–H groups in total. The van der Waals surface area contributed by atoms with Crippen LogP contribution in [0, 0.1) is 0 Å². The molecule has 0 saturated carbocycles. The Hall–Kier alpha value is -0.650. The van der Waals surface area contributed by atoms with Gasteiger partial charge in [-0.1, -0.05) is 13.8 Å². The number of amides is 1. The van der Waals surface area contributed by atoms with Crippen LogP contribution < -0.4 is 11.1 Å². The summed E-state index contributed by atoms with van der Waals surface area (Å²) in [6.45, 7) is 12.5. The van der Waals surface area contributed by atoms with Crippen molar-refractivity contribution in [2.24, 2.45) is 5.73 Å². The maximum absolute atomic E-state index is 11.8. The molecule has 124 valence electrons. The zero-order chi connectivity index (χ0) is 16.0. The normalized spacial score (nSPS) is 26.0. The van der Waals surface area contributed by atoms with E-state index in [0.29, 0.717) is 12.1 Å². The number of likely N-dealkylation sites (N-methyl/N-ethyl adjacent to an activating group) is 2. The number of carbonyl (C=O) groups is 1. The minimum Gasteiger partial charge on any atom is -0.368 e. The van der Waals surface area contributed by atoms with Crippen molar-refractivity contribution >= 4 is 5.91 Å². The fourth-order valence-electron chi connectivity index (χ4n) is 3.56. The van der Waals surface area contributed by atoms with E-state index in [9.17, 15) is 4.79 Å². The molecule has 0 aromatic carbocycles. The van der Waals surface area contributed by atoms with E-state index in [0.717, 1.165) is 39.0 Å². The summed E-state index contributed by atoms with van der Waals surface area (Å²) in [5.74, 6) is -0.254. The molecule has 5 heteroatoms. The average molecular weight is 298 g/mol. The van der Waals surface area contributed by atoms with Crippen molar-refractivity contribution in [2.45, 2.75) is 64.6 Å². The average Bonchev–Trinajstić information content (AvgIpc) is 2.60. The van der Waals surface area contributed by atoms with Gasteiger partial charge in [0, 0.05) is 18.6 Å². The van der Waals surface area contributed by atoms with Crippen molar-refractivity contribution in [1.82, 2.24) is 15.1 Å². The van der Waals surface area contributed by atoms with Gasteiger partial charge in [0.15, 0.2) is 0 Å². The Morgan fingerprint density at radius 3 is 2.62 bits per heavy atom. The lowest BCUT2D eigenvalue weighted by molar-refractivity contribution is -0.124. The third-order valence-electron chi connectivity index (χ3n) is 4.80. The van der Waals surface area contributed by atoms with Crippen LogP contribution in [0.2, 0.25) is 0 Å². The van der Waals surface area contributed by atoms with E-state index in [2.05, 4.69) is 36.0 Å². The molecule has 0 aromatic rings. The van der Waals surface area contributed by atoms with Crippen molar-refractivity contribution in [3.05, 3.63) is 0 Å². The first kappa shape index (κ1) is 18.4. The molecule has 1 amide bonds. The summed E-state index contributed by atoms with van der Waals surface area (Å²) in [5.41, 5.74) is 5.01. The second kappa shape index (κ2) is 8.11. The highest BCUT2D eigenvalue weighted by Crippen LogP contribution is 2.22. The first-order valence-corrected chi connectivity index (χ1v) is 8.33. The molecular weight excluding hydrogens is 264 g/mol. The molecule has 0 bridgehead atoms. The van der Waals surface area contributed by atoms with E-state index in [-0.39, 0.29) is 5.91 Å². The molecule has 5 nitrogen and oxygen atoms in total. The van der Waals surface area contributed by atoms with Crippen molar-refractivity contribution in [3.8, 4) is 0 Å². The molecule has 3 atom stereocenters. The van der Waals surface area contributed by atoms with Crippen LogP contribution in [0.5, 0.6) is 0 Å². The Balaban J connectivity index is 2.79. The van der Waals surface area contributed by atoms with Gasteiger partial charge in [-0.2, -0.15) is 0 Å². The Morgan fingerprint density at radius 1 is 1.43 bits per heavy atom. The molecule has 1 fully saturated rings. The maximum Gasteiger partial charge on any atom is 0.237 e. The highest BCUT2D eigenvalue weighted by atomic mass is 16.1. The fourth-order valence-corrected chi connectivity index (χ4v) is 3.56. The summed E-state index contributed by atoms with van der Waals surface area (Å²) >= 11 is 0. The zero-order valence-corrected chi connectivity index (χ0v) is 14.5. The predicted octanol–water partition coefficient (Wildman–Crippen LogP) is 1.03. The Bertz CT molecular complexity index is 336. The number of rotatable bonds is 7. The summed E-state index contributed by atoms with van der Waals surface area (Å²) in [7, 11) is 2.20. The molecule has 1 aliphatic heterocycles. The highest BCUT2D eigenvalue weighted by molar-refractivity contribution is 5.84. The Morgan fingerprint density at radius 2 is 2.10 bits per heavy atom. The van der Waals surface area contributed by atoms with Crippen molar-refractivity contribution < 1.29 is 4.79 Å². The van der Waals surface area contributed by atoms with Gasteiger partial charge in [-0.3, -0.25) is 9.69 Å². The fraction of sp³-hybridized carbons (Fsp3) is 0.938. The minimum atomic E-state index is -0.620. The summed E-state index contributed by atoms with van der Waals surface area (Å²) in [6.07, 6.45) is 3.09. The number of nitrogens with zero attached hydrogens (tertiary/aromatic N) is 2. The van der Waals surface area contributed by atoms with Gasteiger partial charge in [-0.15, -0.1) is 0 Å². The number of carbonyl (C=O) groups excluding carboxylic acids is 1. The number of hydrogen-bond donors (Lipinski definition) is 2. The molecule has 0 radical (unpaired) electrons. The van der Waals surface area contributed by atoms with Crippen LogP contribution in [-0.4, -0.2) is 66.6 Å². The minimum absolute atomic E-state index is 0.254. The third kappa shape index (κ3) is 4.94. The molecule has 1 rings (SSSR count). The van der Waals surface area contributed by atoms with E-state index in [1.165, 1.54) is 6.42 Å². The summed E-state index contributed by atoms with van der Waals surface area (Å²) in [5, 5.41) is 3.27. The van der Waals surface area contributed by atoms with Crippen LogP contribution in [-0.2, 0) is 4.79 Å². The van der Waals surface area contributed by atoms with Crippen molar-refractivity contribution in [1.29, 1.82) is 0 Å². The number of hydrogen-bond acceptors (Lipinski definition) is 4. The topological polar surface area (TPSA) is 61.6 Å². The van der Waals surface area contributed by atoms with Crippen LogP contribution in [0.15, 0.2) is 0 Å². The van der Waals surface area contributed by atoms with Crippen LogP contribution >= 0.6 is 0 Å². The predicted molar refractivity (Wildman–Crippen MR) is 88.3 cm³/mol. The standard InChI is InChI=1S/C16H34N4O/c1-6-14-12-19(5)9-8-10-20(14)13(3)11-16(4,15(17)21)18-7-2/h13-14,18H,6-12H2,1-5H3,(H2,17,21). The van der Waals surface area contributed by atoms with Crippen LogP contribution in [0.4, 0.5) is 0 Å². The molecule has 0 aliphatic carbocycles. The molecule has 1 heterocycles. The second-order valence-electron chi connectivity index (χ2n) is 6.70. The molecule has 0 spiro atoms. The summed E-state index contributed by atoms with van der Waals surface area (Å²) in [6, 6.07) is 0.907. The van der Waals surface area contributed by atoms with Crippen LogP contribution in [0.1, 0.15) is 47.0 Å². The molecule has 0 aromatic heterocycles. The smallest absolute Gasteiger partial charge is 0.237 e. The quantitative estimate of drug-likeness (QED) is 0.737. The largest absolute Gasteiger partial charge is 0.368 e. The number of nitrogens with two attached hydrogens (primary N) is 1. The number of nitrogens with one attached hydrogen (secondary N) is 1. The molecule has 3 unspecified atom stereocenters. The Kier molecular flexibility index (Phi) is 7.10. The van der Waals surface area contributed by atoms with Crippen molar-refractivity contribution in [2.75, 3.05) is 33.2 Å². The zero-order valence-electron chi connectivity index (χ0n) is 14.5. The molecule has 1 saturated heterocycles. The molecule has 21 heavy (non-hydrogen) atoms. The van der Waals surface area contributed by atoms with E-state index in [4.69, 9.17) is 5.73 Å². The Labute approximate surface area is 130 Å². The number of primary amides is 1. The van der Waals surface area contributed by atoms with E-state index in [1.54, 1.807) is 0 Å². The highest BCUT2D eigenvalue weighted by Gasteiger charge is 2.35. The van der Waals surface area contributed by atoms with Gasteiger partial charge in [0.1, 0.15) is 0 Å². The van der Waals surface area contributed by atoms with Gasteiger partial charge >= 0.3 is 0 Å². The van der Waals surface area contributed by atoms with E-state index < -0.39 is 5.54 Å². The van der Waals surface area contributed by atoms with Crippen LogP contribution in [0.25, 0.3) is 0 Å². The van der Waals surface area contributed by atoms with E-state index in [1.807, 2.05) is 13.8 Å². The lowest BCUT2D eigenvalue weighted by atomic mass is 9.91. The SMILES string of the molecule is CCNC(C)(CC(C)N1CCCN(C)CC1CC)C(N)=O. The van der Waals surface area contributed by atoms with Gasteiger partial charge in [0.05, 0.1) is 5.54 Å². The van der Waals surface area contributed by atoms with Crippen LogP contribution in [0.3, 0.4) is 0 Å². The second-order valence-corrected chi connectivity index (χ2v) is 6.70. The van der Waals surface area contributed by atoms with Crippen molar-refractivity contribution in [3.63, 3.8) is 0 Å². The summed E-state index contributed by atoms with van der Waals surface area (Å²) in [4.78, 5) is 16.8. The first-order chi connectivity index (χ1) is 9.84. The molecular formula is C16H34N4O. The maximum atomic E-state index is 11.8. The molecule has 1 aliphatic rings. The summed E-state index contributed by atoms with van der Waals surface area (Å²) < 4.78 is 0. The lowest BCUT2D eigenvalue weighted by Crippen LogP contribution is -2.57. The van der Waals surface area contributed by atoms with Gasteiger partial charge < -0.3 is 16.0 Å².